The van der Waals surface area contributed by atoms with Gasteiger partial charge in [-0.1, -0.05) is 24.3 Å². The number of nitrogens with one attached hydrogen (secondary N) is 2. The molecule has 164 valence electrons. The number of aromatic nitrogens is 6. The van der Waals surface area contributed by atoms with E-state index in [2.05, 4.69) is 30.5 Å². The number of hydrogen-bond acceptors (Lipinski definition) is 5. The molecule has 2 aromatic carbocycles. The second kappa shape index (κ2) is 8.99. The van der Waals surface area contributed by atoms with Crippen LogP contribution >= 0.6 is 0 Å². The summed E-state index contributed by atoms with van der Waals surface area (Å²) in [6, 6.07) is 15.4. The molecule has 9 heteroatoms. The highest BCUT2D eigenvalue weighted by molar-refractivity contribution is 5.97. The van der Waals surface area contributed by atoms with Gasteiger partial charge in [0.15, 0.2) is 0 Å². The molecule has 3 heterocycles. The fraction of sp³-hybridized carbons (Fsp3) is 0.125. The van der Waals surface area contributed by atoms with Gasteiger partial charge in [0, 0.05) is 41.9 Å². The molecule has 2 atom stereocenters. The molecule has 0 saturated carbocycles. The number of carbonyl (C=O) groups is 1. The number of halogens is 1. The van der Waals surface area contributed by atoms with Crippen LogP contribution in [0, 0.1) is 5.82 Å². The van der Waals surface area contributed by atoms with Crippen LogP contribution in [0.3, 0.4) is 0 Å². The highest BCUT2D eigenvalue weighted by Gasteiger charge is 2.28. The first-order valence-corrected chi connectivity index (χ1v) is 10.4. The van der Waals surface area contributed by atoms with Crippen LogP contribution in [0.4, 0.5) is 4.39 Å². The first kappa shape index (κ1) is 20.5. The Hall–Kier alpha value is -4.40. The highest BCUT2D eigenvalue weighted by Crippen LogP contribution is 2.30. The largest absolute Gasteiger partial charge is 0.331 e. The van der Waals surface area contributed by atoms with Crippen LogP contribution in [0.2, 0.25) is 0 Å². The van der Waals surface area contributed by atoms with Gasteiger partial charge in [0.1, 0.15) is 24.1 Å². The smallest absolute Gasteiger partial charge is 0.252 e. The lowest BCUT2D eigenvalue weighted by Gasteiger charge is -2.29. The zero-order valence-electron chi connectivity index (χ0n) is 17.5. The molecule has 2 unspecified atom stereocenters. The molecule has 0 aliphatic heterocycles. The number of aromatic amines is 1. The molecule has 0 fully saturated rings. The predicted octanol–water partition coefficient (Wildman–Crippen LogP) is 3.64. The molecule has 0 aliphatic carbocycles. The van der Waals surface area contributed by atoms with E-state index in [1.807, 2.05) is 22.8 Å². The lowest BCUT2D eigenvalue weighted by Crippen LogP contribution is -2.37. The summed E-state index contributed by atoms with van der Waals surface area (Å²) in [6.45, 7) is 0. The highest BCUT2D eigenvalue weighted by atomic mass is 19.1. The second-order valence-corrected chi connectivity index (χ2v) is 7.63. The molecule has 33 heavy (non-hydrogen) atoms. The van der Waals surface area contributed by atoms with Crippen LogP contribution in [-0.4, -0.2) is 35.6 Å². The van der Waals surface area contributed by atoms with Crippen molar-refractivity contribution in [2.45, 2.75) is 18.5 Å². The number of nitrogens with zero attached hydrogens (tertiary/aromatic N) is 5. The van der Waals surface area contributed by atoms with Crippen LogP contribution in [-0.2, 0) is 6.42 Å². The minimum Gasteiger partial charge on any atom is -0.331 e. The molecule has 5 aromatic rings. The molecule has 2 N–H and O–H groups in total. The quantitative estimate of drug-likeness (QED) is 0.402. The van der Waals surface area contributed by atoms with Crippen molar-refractivity contribution in [2.75, 3.05) is 0 Å². The number of pyridine rings is 1. The maximum absolute atomic E-state index is 13.6. The Morgan fingerprint density at radius 2 is 1.97 bits per heavy atom. The topological polar surface area (TPSA) is 101 Å². The third-order valence-electron chi connectivity index (χ3n) is 5.55. The van der Waals surface area contributed by atoms with E-state index in [-0.39, 0.29) is 17.6 Å². The normalized spacial score (nSPS) is 13.0. The van der Waals surface area contributed by atoms with E-state index in [1.165, 1.54) is 18.5 Å². The fourth-order valence-corrected chi connectivity index (χ4v) is 3.90. The van der Waals surface area contributed by atoms with Gasteiger partial charge in [-0.05, 0) is 35.9 Å². The van der Waals surface area contributed by atoms with E-state index in [0.717, 1.165) is 16.5 Å². The summed E-state index contributed by atoms with van der Waals surface area (Å²) < 4.78 is 15.5. The van der Waals surface area contributed by atoms with Crippen molar-refractivity contribution in [3.8, 4) is 0 Å². The average molecular weight is 441 g/mol. The van der Waals surface area contributed by atoms with Crippen LogP contribution in [0.1, 0.15) is 33.8 Å². The summed E-state index contributed by atoms with van der Waals surface area (Å²) in [6.07, 6.45) is 8.12. The standard InChI is InChI=1S/C24H20FN7O/c25-19-7-5-16(6-8-19)20(13-22-28-14-29-31-22)23(32-11-10-26-15-32)30-24(33)18-4-3-17-2-1-9-27-21(17)12-18/h1-12,14-15,20,23H,13H2,(H,30,33)(H,28,29,31). The van der Waals surface area contributed by atoms with Crippen molar-refractivity contribution in [1.82, 2.24) is 35.0 Å². The zero-order chi connectivity index (χ0) is 22.6. The van der Waals surface area contributed by atoms with Gasteiger partial charge < -0.3 is 9.88 Å². The van der Waals surface area contributed by atoms with Crippen molar-refractivity contribution in [1.29, 1.82) is 0 Å². The van der Waals surface area contributed by atoms with Crippen molar-refractivity contribution < 1.29 is 9.18 Å². The Kier molecular flexibility index (Phi) is 5.59. The monoisotopic (exact) mass is 441 g/mol. The van der Waals surface area contributed by atoms with E-state index in [4.69, 9.17) is 0 Å². The maximum Gasteiger partial charge on any atom is 0.252 e. The van der Waals surface area contributed by atoms with Gasteiger partial charge in [-0.3, -0.25) is 14.9 Å². The molecular weight excluding hydrogens is 421 g/mol. The molecule has 1 amide bonds. The molecule has 8 nitrogen and oxygen atoms in total. The minimum absolute atomic E-state index is 0.258. The van der Waals surface area contributed by atoms with E-state index < -0.39 is 6.17 Å². The number of hydrogen-bond donors (Lipinski definition) is 2. The van der Waals surface area contributed by atoms with Gasteiger partial charge in [0.2, 0.25) is 0 Å². The van der Waals surface area contributed by atoms with E-state index in [9.17, 15) is 9.18 Å². The number of imidazole rings is 1. The Balaban J connectivity index is 1.51. The predicted molar refractivity (Wildman–Crippen MR) is 120 cm³/mol. The second-order valence-electron chi connectivity index (χ2n) is 7.63. The Morgan fingerprint density at radius 1 is 1.09 bits per heavy atom. The minimum atomic E-state index is -0.519. The van der Waals surface area contributed by atoms with Gasteiger partial charge in [-0.15, -0.1) is 0 Å². The fourth-order valence-electron chi connectivity index (χ4n) is 3.90. The lowest BCUT2D eigenvalue weighted by atomic mass is 9.91. The first-order chi connectivity index (χ1) is 16.2. The number of amides is 1. The summed E-state index contributed by atoms with van der Waals surface area (Å²) in [4.78, 5) is 26.1. The Bertz CT molecular complexity index is 1350. The van der Waals surface area contributed by atoms with Crippen LogP contribution < -0.4 is 5.32 Å². The third kappa shape index (κ3) is 4.47. The molecule has 0 spiro atoms. The van der Waals surface area contributed by atoms with Crippen molar-refractivity contribution in [3.05, 3.63) is 109 Å². The number of benzene rings is 2. The number of fused-ring (bicyclic) bond motifs is 1. The number of carbonyl (C=O) groups excluding carboxylic acids is 1. The first-order valence-electron chi connectivity index (χ1n) is 10.4. The average Bonchev–Trinajstić information content (AvgIpc) is 3.56. The van der Waals surface area contributed by atoms with E-state index in [1.54, 1.807) is 49.2 Å². The van der Waals surface area contributed by atoms with Crippen LogP contribution in [0.25, 0.3) is 10.9 Å². The summed E-state index contributed by atoms with van der Waals surface area (Å²) in [5.41, 5.74) is 2.07. The molecular formula is C24H20FN7O. The molecule has 5 rings (SSSR count). The Morgan fingerprint density at radius 3 is 2.73 bits per heavy atom. The van der Waals surface area contributed by atoms with Crippen LogP contribution in [0.5, 0.6) is 0 Å². The lowest BCUT2D eigenvalue weighted by molar-refractivity contribution is 0.0908. The van der Waals surface area contributed by atoms with Gasteiger partial charge in [0.25, 0.3) is 5.91 Å². The van der Waals surface area contributed by atoms with Gasteiger partial charge in [-0.2, -0.15) is 5.10 Å². The molecule has 3 aromatic heterocycles. The Labute approximate surface area is 188 Å². The van der Waals surface area contributed by atoms with Crippen LogP contribution in [0.15, 0.2) is 85.8 Å². The van der Waals surface area contributed by atoms with Gasteiger partial charge in [-0.25, -0.2) is 14.4 Å². The summed E-state index contributed by atoms with van der Waals surface area (Å²) >= 11 is 0. The molecule has 0 aliphatic rings. The van der Waals surface area contributed by atoms with Gasteiger partial charge in [0.05, 0.1) is 11.8 Å². The van der Waals surface area contributed by atoms with Gasteiger partial charge >= 0.3 is 0 Å². The molecule has 0 saturated heterocycles. The molecule has 0 bridgehead atoms. The molecule has 0 radical (unpaired) electrons. The van der Waals surface area contributed by atoms with E-state index >= 15 is 0 Å². The van der Waals surface area contributed by atoms with Crippen molar-refractivity contribution in [2.24, 2.45) is 0 Å². The van der Waals surface area contributed by atoms with Crippen molar-refractivity contribution in [3.63, 3.8) is 0 Å². The maximum atomic E-state index is 13.6. The van der Waals surface area contributed by atoms with Crippen molar-refractivity contribution >= 4 is 16.8 Å². The van der Waals surface area contributed by atoms with E-state index in [0.29, 0.717) is 17.8 Å². The number of rotatable bonds is 7. The third-order valence-corrected chi connectivity index (χ3v) is 5.55. The zero-order valence-corrected chi connectivity index (χ0v) is 17.5. The number of H-pyrrole nitrogens is 1. The summed E-state index contributed by atoms with van der Waals surface area (Å²) in [5.74, 6) is -0.219. The SMILES string of the molecule is O=C(NC(C(Cc1ncn[nH]1)c1ccc(F)cc1)n1ccnc1)c1ccc2cccnc2c1. The summed E-state index contributed by atoms with van der Waals surface area (Å²) in [7, 11) is 0. The summed E-state index contributed by atoms with van der Waals surface area (Å²) in [5, 5.41) is 10.9.